The lowest BCUT2D eigenvalue weighted by Crippen LogP contribution is -2.49. The molecule has 0 amide bonds. The van der Waals surface area contributed by atoms with Crippen LogP contribution in [0.2, 0.25) is 0 Å². The second kappa shape index (κ2) is 8.80. The summed E-state index contributed by atoms with van der Waals surface area (Å²) in [6, 6.07) is 8.26. The molecule has 2 aliphatic carbocycles. The standard InChI is InChI=1S/C22H34N2O3/c1-26-22-6-4-20(5-7-22)24-10-8-23(9-11-24)14-21(25)16-27-15-19-13-17-2-3-18(19)12-17/h4-7,17-19,21,25H,2-3,8-16H2,1H3/t17-,18-,19+,21-/m1/s1. The Morgan fingerprint density at radius 2 is 1.85 bits per heavy atom. The van der Waals surface area contributed by atoms with Gasteiger partial charge in [-0.05, 0) is 61.3 Å². The summed E-state index contributed by atoms with van der Waals surface area (Å²) >= 11 is 0. The van der Waals surface area contributed by atoms with Crippen molar-refractivity contribution in [3.05, 3.63) is 24.3 Å². The first-order valence-electron chi connectivity index (χ1n) is 10.6. The largest absolute Gasteiger partial charge is 0.497 e. The number of nitrogens with zero attached hydrogens (tertiary/aromatic N) is 2. The van der Waals surface area contributed by atoms with Crippen molar-refractivity contribution < 1.29 is 14.6 Å². The molecular formula is C22H34N2O3. The highest BCUT2D eigenvalue weighted by atomic mass is 16.5. The fourth-order valence-electron chi connectivity index (χ4n) is 5.27. The molecule has 5 heteroatoms. The Morgan fingerprint density at radius 3 is 2.48 bits per heavy atom. The number of ether oxygens (including phenoxy) is 2. The number of rotatable bonds is 8. The minimum absolute atomic E-state index is 0.379. The highest BCUT2D eigenvalue weighted by molar-refractivity contribution is 5.49. The van der Waals surface area contributed by atoms with Gasteiger partial charge in [-0.1, -0.05) is 6.42 Å². The Kier molecular flexibility index (Phi) is 6.21. The van der Waals surface area contributed by atoms with Crippen LogP contribution in [-0.2, 0) is 4.74 Å². The first-order valence-corrected chi connectivity index (χ1v) is 10.6. The Morgan fingerprint density at radius 1 is 1.07 bits per heavy atom. The van der Waals surface area contributed by atoms with Gasteiger partial charge < -0.3 is 19.5 Å². The number of β-amino-alcohol motifs (C(OH)–C–C–N with tert-alkyl or cyclic N) is 1. The van der Waals surface area contributed by atoms with Crippen molar-refractivity contribution in [2.45, 2.75) is 31.8 Å². The Bertz CT molecular complexity index is 586. The third-order valence-corrected chi connectivity index (χ3v) is 6.81. The van der Waals surface area contributed by atoms with E-state index in [2.05, 4.69) is 21.9 Å². The summed E-state index contributed by atoms with van der Waals surface area (Å²) in [4.78, 5) is 4.75. The third kappa shape index (κ3) is 4.76. The van der Waals surface area contributed by atoms with Crippen LogP contribution in [0.1, 0.15) is 25.7 Å². The molecule has 1 heterocycles. The molecule has 0 radical (unpaired) electrons. The summed E-state index contributed by atoms with van der Waals surface area (Å²) in [5.41, 5.74) is 1.24. The van der Waals surface area contributed by atoms with Crippen molar-refractivity contribution >= 4 is 5.69 Å². The van der Waals surface area contributed by atoms with E-state index < -0.39 is 0 Å². The summed E-state index contributed by atoms with van der Waals surface area (Å²) in [5.74, 6) is 3.52. The van der Waals surface area contributed by atoms with Gasteiger partial charge in [0.1, 0.15) is 5.75 Å². The first kappa shape index (κ1) is 19.0. The lowest BCUT2D eigenvalue weighted by atomic mass is 9.90. The van der Waals surface area contributed by atoms with E-state index in [1.807, 2.05) is 12.1 Å². The van der Waals surface area contributed by atoms with E-state index in [4.69, 9.17) is 9.47 Å². The number of piperazine rings is 1. The SMILES string of the molecule is COc1ccc(N2CCN(C[C@@H](O)COC[C@@H]3C[C@@H]4CC[C@@H]3C4)CC2)cc1. The molecule has 4 atom stereocenters. The molecule has 1 N–H and O–H groups in total. The summed E-state index contributed by atoms with van der Waals surface area (Å²) < 4.78 is 11.1. The molecule has 150 valence electrons. The predicted octanol–water partition coefficient (Wildman–Crippen LogP) is 2.63. The average molecular weight is 375 g/mol. The molecule has 0 aromatic heterocycles. The smallest absolute Gasteiger partial charge is 0.119 e. The molecule has 4 rings (SSSR count). The van der Waals surface area contributed by atoms with Crippen LogP contribution in [0.25, 0.3) is 0 Å². The van der Waals surface area contributed by atoms with Gasteiger partial charge in [0.25, 0.3) is 0 Å². The maximum Gasteiger partial charge on any atom is 0.119 e. The van der Waals surface area contributed by atoms with Crippen molar-refractivity contribution in [1.29, 1.82) is 0 Å². The maximum atomic E-state index is 10.4. The zero-order valence-electron chi connectivity index (χ0n) is 16.6. The molecule has 5 nitrogen and oxygen atoms in total. The molecule has 2 saturated carbocycles. The van der Waals surface area contributed by atoms with Gasteiger partial charge in [-0.2, -0.15) is 0 Å². The number of aliphatic hydroxyl groups is 1. The van der Waals surface area contributed by atoms with Gasteiger partial charge in [0.15, 0.2) is 0 Å². The molecular weight excluding hydrogens is 340 g/mol. The number of anilines is 1. The third-order valence-electron chi connectivity index (χ3n) is 6.81. The molecule has 1 saturated heterocycles. The fraction of sp³-hybridized carbons (Fsp3) is 0.727. The van der Waals surface area contributed by atoms with E-state index in [-0.39, 0.29) is 6.10 Å². The van der Waals surface area contributed by atoms with E-state index in [0.717, 1.165) is 56.3 Å². The highest BCUT2D eigenvalue weighted by Gasteiger charge is 2.39. The minimum atomic E-state index is -0.379. The van der Waals surface area contributed by atoms with Gasteiger partial charge in [-0.25, -0.2) is 0 Å². The first-order chi connectivity index (χ1) is 13.2. The zero-order valence-corrected chi connectivity index (χ0v) is 16.6. The van der Waals surface area contributed by atoms with Gasteiger partial charge in [0, 0.05) is 45.0 Å². The number of benzene rings is 1. The Balaban J connectivity index is 1.13. The van der Waals surface area contributed by atoms with Gasteiger partial charge in [0.2, 0.25) is 0 Å². The Labute approximate surface area is 163 Å². The molecule has 3 aliphatic rings. The number of methoxy groups -OCH3 is 1. The Hall–Kier alpha value is -1.30. The lowest BCUT2D eigenvalue weighted by Gasteiger charge is -2.37. The topological polar surface area (TPSA) is 45.2 Å². The number of fused-ring (bicyclic) bond motifs is 2. The van der Waals surface area contributed by atoms with E-state index >= 15 is 0 Å². The van der Waals surface area contributed by atoms with Crippen molar-refractivity contribution in [2.24, 2.45) is 17.8 Å². The number of hydrogen-bond donors (Lipinski definition) is 1. The number of hydrogen-bond acceptors (Lipinski definition) is 5. The lowest BCUT2D eigenvalue weighted by molar-refractivity contribution is -0.00274. The van der Waals surface area contributed by atoms with Crippen molar-refractivity contribution in [3.63, 3.8) is 0 Å². The van der Waals surface area contributed by atoms with Gasteiger partial charge in [-0.15, -0.1) is 0 Å². The van der Waals surface area contributed by atoms with E-state index in [1.165, 1.54) is 31.4 Å². The highest BCUT2D eigenvalue weighted by Crippen LogP contribution is 2.48. The van der Waals surface area contributed by atoms with Gasteiger partial charge in [-0.3, -0.25) is 4.90 Å². The van der Waals surface area contributed by atoms with Crippen molar-refractivity contribution in [1.82, 2.24) is 4.90 Å². The number of aliphatic hydroxyl groups excluding tert-OH is 1. The molecule has 2 bridgehead atoms. The van der Waals surface area contributed by atoms with Crippen LogP contribution >= 0.6 is 0 Å². The molecule has 1 aromatic rings. The molecule has 27 heavy (non-hydrogen) atoms. The van der Waals surface area contributed by atoms with E-state index in [1.54, 1.807) is 7.11 Å². The summed E-state index contributed by atoms with van der Waals surface area (Å²) in [6.07, 6.45) is 5.24. The molecule has 0 unspecified atom stereocenters. The normalized spacial score (nSPS) is 29.3. The van der Waals surface area contributed by atoms with E-state index in [0.29, 0.717) is 13.2 Å². The summed E-state index contributed by atoms with van der Waals surface area (Å²) in [5, 5.41) is 10.4. The van der Waals surface area contributed by atoms with Crippen LogP contribution in [0.3, 0.4) is 0 Å². The summed E-state index contributed by atoms with van der Waals surface area (Å²) in [7, 11) is 1.70. The summed E-state index contributed by atoms with van der Waals surface area (Å²) in [6.45, 7) is 5.99. The van der Waals surface area contributed by atoms with Gasteiger partial charge in [0.05, 0.1) is 19.8 Å². The quantitative estimate of drug-likeness (QED) is 0.758. The van der Waals surface area contributed by atoms with Crippen LogP contribution in [0.5, 0.6) is 5.75 Å². The predicted molar refractivity (Wildman–Crippen MR) is 107 cm³/mol. The van der Waals surface area contributed by atoms with Crippen LogP contribution in [0.4, 0.5) is 5.69 Å². The van der Waals surface area contributed by atoms with Crippen LogP contribution in [0, 0.1) is 17.8 Å². The fourth-order valence-corrected chi connectivity index (χ4v) is 5.27. The van der Waals surface area contributed by atoms with Crippen molar-refractivity contribution in [2.75, 3.05) is 57.9 Å². The van der Waals surface area contributed by atoms with Crippen LogP contribution in [0.15, 0.2) is 24.3 Å². The van der Waals surface area contributed by atoms with Gasteiger partial charge >= 0.3 is 0 Å². The molecule has 1 aliphatic heterocycles. The minimum Gasteiger partial charge on any atom is -0.497 e. The zero-order chi connectivity index (χ0) is 18.6. The van der Waals surface area contributed by atoms with E-state index in [9.17, 15) is 5.11 Å². The van der Waals surface area contributed by atoms with Crippen LogP contribution in [-0.4, -0.2) is 69.2 Å². The molecule has 3 fully saturated rings. The monoisotopic (exact) mass is 374 g/mol. The average Bonchev–Trinajstić information content (AvgIpc) is 3.32. The molecule has 0 spiro atoms. The second-order valence-corrected chi connectivity index (χ2v) is 8.61. The maximum absolute atomic E-state index is 10.4. The van der Waals surface area contributed by atoms with Crippen molar-refractivity contribution in [3.8, 4) is 5.75 Å². The second-order valence-electron chi connectivity index (χ2n) is 8.61. The molecule has 1 aromatic carbocycles. The van der Waals surface area contributed by atoms with Crippen LogP contribution < -0.4 is 9.64 Å².